The number of nitro benzene ring substituents is 1. The Bertz CT molecular complexity index is 967. The zero-order valence-corrected chi connectivity index (χ0v) is 23.8. The monoisotopic (exact) mass is 566 g/mol. The minimum absolute atomic E-state index is 0.0283. The predicted molar refractivity (Wildman–Crippen MR) is 151 cm³/mol. The topological polar surface area (TPSA) is 148 Å². The third-order valence-corrected chi connectivity index (χ3v) is 9.05. The molecule has 1 aliphatic rings. The van der Waals surface area contributed by atoms with Gasteiger partial charge >= 0.3 is 0 Å². The van der Waals surface area contributed by atoms with Crippen molar-refractivity contribution < 1.29 is 24.1 Å². The summed E-state index contributed by atoms with van der Waals surface area (Å²) >= 11 is 0. The molecule has 1 fully saturated rings. The van der Waals surface area contributed by atoms with E-state index in [0.29, 0.717) is 23.7 Å². The van der Waals surface area contributed by atoms with Gasteiger partial charge < -0.3 is 16.0 Å². The van der Waals surface area contributed by atoms with Crippen molar-refractivity contribution in [2.45, 2.75) is 83.1 Å². The van der Waals surface area contributed by atoms with Crippen molar-refractivity contribution in [1.82, 2.24) is 16.0 Å². The number of Topliss-reactive ketones (excluding diaryl/α,β-unsaturated/α-hetero) is 1. The smallest absolute Gasteiger partial charge is 0.289 e. The van der Waals surface area contributed by atoms with Crippen LogP contribution in [0.1, 0.15) is 64.9 Å². The number of likely N-dealkylation sites (N-methyl/N-ethyl adjacent to an activating group) is 1. The van der Waals surface area contributed by atoms with Crippen molar-refractivity contribution in [1.29, 1.82) is 0 Å². The number of hydrogen-bond donors (Lipinski definition) is 3. The third kappa shape index (κ3) is 11.0. The second-order valence-corrected chi connectivity index (χ2v) is 12.5. The molecule has 0 bridgehead atoms. The Balaban J connectivity index is 2.05. The molecule has 12 heteroatoms. The quantitative estimate of drug-likeness (QED) is 0.0904. The van der Waals surface area contributed by atoms with Crippen LogP contribution in [0.3, 0.4) is 0 Å². The van der Waals surface area contributed by atoms with Crippen LogP contribution in [0.2, 0.25) is 0 Å². The Morgan fingerprint density at radius 1 is 1.08 bits per heavy atom. The van der Waals surface area contributed by atoms with Crippen LogP contribution in [0, 0.1) is 16.0 Å². The average Bonchev–Trinajstić information content (AvgIpc) is 3.39. The van der Waals surface area contributed by atoms with Gasteiger partial charge in [0.05, 0.1) is 4.92 Å². The van der Waals surface area contributed by atoms with E-state index in [2.05, 4.69) is 16.0 Å². The molecule has 0 aromatic heterocycles. The van der Waals surface area contributed by atoms with Gasteiger partial charge in [0.2, 0.25) is 17.6 Å². The maximum Gasteiger partial charge on any atom is 0.289 e. The maximum absolute atomic E-state index is 13.2. The number of nitro groups is 1. The van der Waals surface area contributed by atoms with Gasteiger partial charge in [-0.1, -0.05) is 54.0 Å². The lowest BCUT2D eigenvalue weighted by atomic mass is 9.99. The zero-order chi connectivity index (χ0) is 28.1. The van der Waals surface area contributed by atoms with Gasteiger partial charge in [0, 0.05) is 42.5 Å². The Morgan fingerprint density at radius 2 is 1.79 bits per heavy atom. The van der Waals surface area contributed by atoms with Crippen LogP contribution in [0.4, 0.5) is 5.69 Å². The molecule has 1 heterocycles. The molecule has 3 atom stereocenters. The number of carbonyl (C=O) groups is 4. The van der Waals surface area contributed by atoms with Crippen LogP contribution in [0.5, 0.6) is 0 Å². The maximum atomic E-state index is 13.2. The number of non-ortho nitro benzene ring substituents is 1. The predicted octanol–water partition coefficient (Wildman–Crippen LogP) is 3.57. The van der Waals surface area contributed by atoms with Gasteiger partial charge in [-0.3, -0.25) is 29.3 Å². The molecule has 2 unspecified atom stereocenters. The van der Waals surface area contributed by atoms with Crippen LogP contribution in [-0.4, -0.2) is 58.1 Å². The highest BCUT2D eigenvalue weighted by Crippen LogP contribution is 2.39. The van der Waals surface area contributed by atoms with Crippen LogP contribution in [0.15, 0.2) is 24.3 Å². The van der Waals surface area contributed by atoms with Gasteiger partial charge in [0.25, 0.3) is 11.6 Å². The van der Waals surface area contributed by atoms with Crippen molar-refractivity contribution in [3.05, 3.63) is 39.9 Å². The third-order valence-electron chi connectivity index (χ3n) is 6.05. The molecule has 1 aromatic carbocycles. The number of carbonyl (C=O) groups excluding carboxylic acids is 4. The van der Waals surface area contributed by atoms with Crippen molar-refractivity contribution in [2.75, 3.05) is 12.3 Å². The van der Waals surface area contributed by atoms with E-state index in [1.807, 2.05) is 35.4 Å². The molecular formula is C26H38N4O6S2. The molecule has 1 saturated heterocycles. The first-order chi connectivity index (χ1) is 18.1. The molecule has 0 saturated carbocycles. The van der Waals surface area contributed by atoms with Crippen LogP contribution in [0.25, 0.3) is 0 Å². The Kier molecular flexibility index (Phi) is 13.6. The van der Waals surface area contributed by atoms with E-state index in [1.165, 1.54) is 36.4 Å². The summed E-state index contributed by atoms with van der Waals surface area (Å²) in [4.78, 5) is 61.5. The molecule has 0 spiro atoms. The fourth-order valence-corrected chi connectivity index (χ4v) is 7.10. The summed E-state index contributed by atoms with van der Waals surface area (Å²) in [7, 11) is 3.81. The summed E-state index contributed by atoms with van der Waals surface area (Å²) in [6, 6.07) is 3.53. The van der Waals surface area contributed by atoms with Crippen LogP contribution in [-0.2, 0) is 25.6 Å². The number of hydrogen-bond acceptors (Lipinski definition) is 8. The van der Waals surface area contributed by atoms with E-state index < -0.39 is 34.6 Å². The van der Waals surface area contributed by atoms with E-state index in [0.717, 1.165) is 19.3 Å². The van der Waals surface area contributed by atoms with Gasteiger partial charge in [-0.2, -0.15) is 0 Å². The summed E-state index contributed by atoms with van der Waals surface area (Å²) in [5.74, 6) is -1.15. The van der Waals surface area contributed by atoms with E-state index >= 15 is 0 Å². The fraction of sp³-hybridized carbons (Fsp3) is 0.615. The molecule has 0 radical (unpaired) electrons. The van der Waals surface area contributed by atoms with Crippen molar-refractivity contribution in [3.63, 3.8) is 0 Å². The second-order valence-electron chi connectivity index (χ2n) is 9.74. The summed E-state index contributed by atoms with van der Waals surface area (Å²) in [5, 5.41) is 19.5. The van der Waals surface area contributed by atoms with Crippen molar-refractivity contribution >= 4 is 50.8 Å². The molecular weight excluding hydrogens is 528 g/mol. The summed E-state index contributed by atoms with van der Waals surface area (Å²) in [6.07, 6.45) is 4.62. The zero-order valence-electron chi connectivity index (χ0n) is 22.2. The van der Waals surface area contributed by atoms with Crippen LogP contribution < -0.4 is 16.0 Å². The van der Waals surface area contributed by atoms with Crippen molar-refractivity contribution in [2.24, 2.45) is 5.92 Å². The first-order valence-corrected chi connectivity index (χ1v) is 15.4. The van der Waals surface area contributed by atoms with Crippen molar-refractivity contribution in [3.8, 4) is 0 Å². The molecule has 3 N–H and O–H groups in total. The molecule has 3 amide bonds. The van der Waals surface area contributed by atoms with E-state index in [-0.39, 0.29) is 30.5 Å². The highest BCUT2D eigenvalue weighted by atomic mass is 33.1. The van der Waals surface area contributed by atoms with Gasteiger partial charge in [0.15, 0.2) is 0 Å². The molecule has 38 heavy (non-hydrogen) atoms. The lowest BCUT2D eigenvalue weighted by Gasteiger charge is -2.24. The molecule has 0 aliphatic carbocycles. The number of ketones is 1. The van der Waals surface area contributed by atoms with Crippen LogP contribution >= 0.6 is 21.6 Å². The van der Waals surface area contributed by atoms with E-state index in [9.17, 15) is 29.3 Å². The number of nitrogens with zero attached hydrogens (tertiary/aromatic N) is 1. The van der Waals surface area contributed by atoms with Gasteiger partial charge in [-0.05, 0) is 44.1 Å². The molecule has 10 nitrogen and oxygen atoms in total. The van der Waals surface area contributed by atoms with Gasteiger partial charge in [-0.15, -0.1) is 0 Å². The average molecular weight is 567 g/mol. The van der Waals surface area contributed by atoms with Gasteiger partial charge in [-0.25, -0.2) is 0 Å². The lowest BCUT2D eigenvalue weighted by Crippen LogP contribution is -2.54. The number of nitrogens with one attached hydrogen (secondary N) is 3. The Morgan fingerprint density at radius 3 is 2.37 bits per heavy atom. The SMILES string of the molecule is CCNC(=O)C(=O)C(Cc1ccc([N+](=O)[O-])cc1)NC(=O)[C@H](CC(C)C)NC(=O)CCCCC1CCSS1. The summed E-state index contributed by atoms with van der Waals surface area (Å²) in [6.45, 7) is 5.78. The second kappa shape index (κ2) is 16.4. The largest absolute Gasteiger partial charge is 0.350 e. The number of unbranched alkanes of at least 4 members (excludes halogenated alkanes) is 1. The van der Waals surface area contributed by atoms with E-state index in [4.69, 9.17) is 0 Å². The molecule has 210 valence electrons. The highest BCUT2D eigenvalue weighted by Gasteiger charge is 2.30. The normalized spacial score (nSPS) is 16.5. The number of amides is 3. The summed E-state index contributed by atoms with van der Waals surface area (Å²) in [5.41, 5.74) is 0.437. The Hall–Kier alpha value is -2.60. The van der Waals surface area contributed by atoms with Gasteiger partial charge in [0.1, 0.15) is 12.1 Å². The molecule has 2 rings (SSSR count). The standard InChI is InChI=1S/C26H38N4O6S2/c1-4-27-26(34)24(32)21(16-18-9-11-19(12-10-18)30(35)36)29-25(33)22(15-17(2)3)28-23(31)8-6-5-7-20-13-14-37-38-20/h9-12,17,20-22H,4-8,13-16H2,1-3H3,(H,27,34)(H,28,31)(H,29,33)/t20?,21?,22-/m0/s1. The summed E-state index contributed by atoms with van der Waals surface area (Å²) < 4.78 is 0. The minimum atomic E-state index is -1.19. The first kappa shape index (κ1) is 31.6. The van der Waals surface area contributed by atoms with E-state index in [1.54, 1.807) is 6.92 Å². The number of benzene rings is 1. The number of rotatable bonds is 16. The fourth-order valence-electron chi connectivity index (χ4n) is 4.07. The highest BCUT2D eigenvalue weighted by molar-refractivity contribution is 8.77. The molecule has 1 aliphatic heterocycles. The molecule has 1 aromatic rings. The first-order valence-electron chi connectivity index (χ1n) is 13.0. The lowest BCUT2D eigenvalue weighted by molar-refractivity contribution is -0.384. The Labute approximate surface area is 231 Å². The minimum Gasteiger partial charge on any atom is -0.350 e.